The Morgan fingerprint density at radius 3 is 1.65 bits per heavy atom. The summed E-state index contributed by atoms with van der Waals surface area (Å²) < 4.78 is 2.26. The summed E-state index contributed by atoms with van der Waals surface area (Å²) >= 11 is 0. The van der Waals surface area contributed by atoms with Gasteiger partial charge in [0.25, 0.3) is 0 Å². The van der Waals surface area contributed by atoms with Crippen molar-refractivity contribution in [1.82, 2.24) is 9.55 Å². The highest BCUT2D eigenvalue weighted by Crippen LogP contribution is 2.44. The third kappa shape index (κ3) is 4.22. The highest BCUT2D eigenvalue weighted by atomic mass is 15.1. The molecule has 216 valence electrons. The van der Waals surface area contributed by atoms with Gasteiger partial charge in [0, 0.05) is 11.3 Å². The lowest BCUT2D eigenvalue weighted by Gasteiger charge is -2.18. The van der Waals surface area contributed by atoms with Crippen LogP contribution >= 0.6 is 0 Å². The fourth-order valence-electron chi connectivity index (χ4n) is 7.12. The summed E-state index contributed by atoms with van der Waals surface area (Å²) in [6.07, 6.45) is 0. The molecule has 0 aliphatic rings. The number of nitrogens with zero attached hydrogens (tertiary/aromatic N) is 2. The average molecular weight is 587 g/mol. The molecule has 1 aromatic heterocycles. The standard InChI is InChI=1S/C44H30N2/c1-29-19-20-33-28-34(26-25-32(33)27-29)43-38-15-7-5-13-36(38)42(37-14-6-8-16-39(37)43)30-21-23-31(24-22-30)44-45-40-17-9-10-18-41(40)46(44)35-11-3-2-4-12-35/h2-28H,1H3. The minimum absolute atomic E-state index is 0.940. The van der Waals surface area contributed by atoms with E-state index in [-0.39, 0.29) is 0 Å². The maximum Gasteiger partial charge on any atom is 0.145 e. The minimum atomic E-state index is 0.940. The molecule has 2 heteroatoms. The Morgan fingerprint density at radius 2 is 0.957 bits per heavy atom. The van der Waals surface area contributed by atoms with Crippen molar-refractivity contribution in [1.29, 1.82) is 0 Å². The number of hydrogen-bond donors (Lipinski definition) is 0. The lowest BCUT2D eigenvalue weighted by atomic mass is 9.85. The van der Waals surface area contributed by atoms with Gasteiger partial charge in [-0.1, -0.05) is 139 Å². The zero-order valence-electron chi connectivity index (χ0n) is 25.5. The number of imidazole rings is 1. The summed E-state index contributed by atoms with van der Waals surface area (Å²) in [5.74, 6) is 0.940. The third-order valence-corrected chi connectivity index (χ3v) is 9.22. The Hall–Kier alpha value is -5.99. The van der Waals surface area contributed by atoms with Gasteiger partial charge < -0.3 is 0 Å². The Morgan fingerprint density at radius 1 is 0.435 bits per heavy atom. The molecule has 46 heavy (non-hydrogen) atoms. The van der Waals surface area contributed by atoms with Gasteiger partial charge in [0.1, 0.15) is 5.82 Å². The Bertz CT molecular complexity index is 2520. The van der Waals surface area contributed by atoms with Crippen molar-refractivity contribution in [2.75, 3.05) is 0 Å². The molecular formula is C44H30N2. The molecule has 0 amide bonds. The number of rotatable bonds is 4. The molecule has 9 aromatic rings. The third-order valence-electron chi connectivity index (χ3n) is 9.22. The van der Waals surface area contributed by atoms with Crippen LogP contribution in [-0.2, 0) is 0 Å². The summed E-state index contributed by atoms with van der Waals surface area (Å²) in [6.45, 7) is 2.15. The molecule has 0 atom stereocenters. The van der Waals surface area contributed by atoms with Crippen molar-refractivity contribution in [3.63, 3.8) is 0 Å². The van der Waals surface area contributed by atoms with Crippen LogP contribution in [0.3, 0.4) is 0 Å². The number of aromatic nitrogens is 2. The fraction of sp³-hybridized carbons (Fsp3) is 0.0227. The quantitative estimate of drug-likeness (QED) is 0.188. The van der Waals surface area contributed by atoms with Crippen molar-refractivity contribution in [3.05, 3.63) is 169 Å². The van der Waals surface area contributed by atoms with E-state index in [0.717, 1.165) is 28.1 Å². The van der Waals surface area contributed by atoms with E-state index in [1.54, 1.807) is 0 Å². The molecule has 0 fully saturated rings. The molecule has 8 aromatic carbocycles. The van der Waals surface area contributed by atoms with Crippen LogP contribution < -0.4 is 0 Å². The zero-order chi connectivity index (χ0) is 30.6. The second-order valence-electron chi connectivity index (χ2n) is 12.1. The van der Waals surface area contributed by atoms with Crippen LogP contribution in [0.15, 0.2) is 164 Å². The van der Waals surface area contributed by atoms with Crippen molar-refractivity contribution in [2.24, 2.45) is 0 Å². The van der Waals surface area contributed by atoms with Crippen molar-refractivity contribution >= 4 is 43.4 Å². The van der Waals surface area contributed by atoms with E-state index < -0.39 is 0 Å². The lowest BCUT2D eigenvalue weighted by Crippen LogP contribution is -1.97. The molecule has 0 aliphatic heterocycles. The molecule has 0 aliphatic carbocycles. The van der Waals surface area contributed by atoms with Gasteiger partial charge in [-0.25, -0.2) is 4.98 Å². The average Bonchev–Trinajstić information content (AvgIpc) is 3.50. The molecule has 0 bridgehead atoms. The van der Waals surface area contributed by atoms with E-state index in [0.29, 0.717) is 0 Å². The van der Waals surface area contributed by atoms with Crippen LogP contribution in [-0.4, -0.2) is 9.55 Å². The van der Waals surface area contributed by atoms with E-state index in [9.17, 15) is 0 Å². The first-order valence-corrected chi connectivity index (χ1v) is 15.8. The zero-order valence-corrected chi connectivity index (χ0v) is 25.5. The maximum absolute atomic E-state index is 5.10. The van der Waals surface area contributed by atoms with Crippen LogP contribution in [0, 0.1) is 6.92 Å². The predicted molar refractivity (Wildman–Crippen MR) is 195 cm³/mol. The second kappa shape index (κ2) is 10.6. The highest BCUT2D eigenvalue weighted by Gasteiger charge is 2.18. The topological polar surface area (TPSA) is 17.8 Å². The SMILES string of the molecule is Cc1ccc2cc(-c3c4ccccc4c(-c4ccc(-c5nc6ccccc6n5-c5ccccc5)cc4)c4ccccc34)ccc2c1. The van der Waals surface area contributed by atoms with E-state index in [4.69, 9.17) is 4.98 Å². The maximum atomic E-state index is 5.10. The van der Waals surface area contributed by atoms with Gasteiger partial charge in [-0.05, 0) is 91.8 Å². The van der Waals surface area contributed by atoms with Gasteiger partial charge >= 0.3 is 0 Å². The normalized spacial score (nSPS) is 11.6. The number of fused-ring (bicyclic) bond motifs is 4. The molecule has 9 rings (SSSR count). The number of benzene rings is 8. The van der Waals surface area contributed by atoms with Gasteiger partial charge in [-0.2, -0.15) is 0 Å². The van der Waals surface area contributed by atoms with Crippen LogP contribution in [0.25, 0.3) is 82.7 Å². The van der Waals surface area contributed by atoms with E-state index in [2.05, 4.69) is 175 Å². The first kappa shape index (κ1) is 26.4. The van der Waals surface area contributed by atoms with Crippen LogP contribution in [0.5, 0.6) is 0 Å². The first-order valence-electron chi connectivity index (χ1n) is 15.8. The van der Waals surface area contributed by atoms with E-state index >= 15 is 0 Å². The first-order chi connectivity index (χ1) is 22.7. The van der Waals surface area contributed by atoms with Gasteiger partial charge in [0.2, 0.25) is 0 Å². The number of aryl methyl sites for hydroxylation is 1. The predicted octanol–water partition coefficient (Wildman–Crippen LogP) is 11.8. The summed E-state index contributed by atoms with van der Waals surface area (Å²) in [7, 11) is 0. The highest BCUT2D eigenvalue weighted by molar-refractivity contribution is 6.21. The van der Waals surface area contributed by atoms with Crippen LogP contribution in [0.4, 0.5) is 0 Å². The Kier molecular flexibility index (Phi) is 6.07. The van der Waals surface area contributed by atoms with Crippen molar-refractivity contribution < 1.29 is 0 Å². The Balaban J connectivity index is 1.24. The molecule has 0 unspecified atom stereocenters. The van der Waals surface area contributed by atoms with Crippen LogP contribution in [0.1, 0.15) is 5.56 Å². The molecule has 2 nitrogen and oxygen atoms in total. The Labute approximate surface area is 267 Å². The molecular weight excluding hydrogens is 556 g/mol. The summed E-state index contributed by atoms with van der Waals surface area (Å²) in [6, 6.07) is 59.1. The van der Waals surface area contributed by atoms with Crippen LogP contribution in [0.2, 0.25) is 0 Å². The number of para-hydroxylation sites is 3. The molecule has 0 saturated heterocycles. The smallest absolute Gasteiger partial charge is 0.145 e. The van der Waals surface area contributed by atoms with Gasteiger partial charge in [-0.3, -0.25) is 4.57 Å². The fourth-order valence-corrected chi connectivity index (χ4v) is 7.12. The van der Waals surface area contributed by atoms with Gasteiger partial charge in [-0.15, -0.1) is 0 Å². The molecule has 0 N–H and O–H groups in total. The lowest BCUT2D eigenvalue weighted by molar-refractivity contribution is 1.10. The summed E-state index contributed by atoms with van der Waals surface area (Å²) in [4.78, 5) is 5.10. The summed E-state index contributed by atoms with van der Waals surface area (Å²) in [5.41, 5.74) is 10.5. The van der Waals surface area contributed by atoms with E-state index in [1.807, 2.05) is 0 Å². The minimum Gasteiger partial charge on any atom is -0.292 e. The van der Waals surface area contributed by atoms with Crippen molar-refractivity contribution in [2.45, 2.75) is 6.92 Å². The monoisotopic (exact) mass is 586 g/mol. The molecule has 0 saturated carbocycles. The summed E-state index contributed by atoms with van der Waals surface area (Å²) in [5, 5.41) is 7.57. The van der Waals surface area contributed by atoms with Gasteiger partial charge in [0.05, 0.1) is 11.0 Å². The van der Waals surface area contributed by atoms with E-state index in [1.165, 1.54) is 60.1 Å². The molecule has 0 spiro atoms. The largest absolute Gasteiger partial charge is 0.292 e. The second-order valence-corrected chi connectivity index (χ2v) is 12.1. The molecule has 1 heterocycles. The van der Waals surface area contributed by atoms with Gasteiger partial charge in [0.15, 0.2) is 0 Å². The molecule has 0 radical (unpaired) electrons. The number of hydrogen-bond acceptors (Lipinski definition) is 1. The van der Waals surface area contributed by atoms with Crippen molar-refractivity contribution in [3.8, 4) is 39.3 Å².